The molecule has 2 saturated heterocycles. The Morgan fingerprint density at radius 2 is 2.06 bits per heavy atom. The molecule has 4 heteroatoms. The minimum atomic E-state index is 0.111. The van der Waals surface area contributed by atoms with Crippen LogP contribution in [0.25, 0.3) is 0 Å². The van der Waals surface area contributed by atoms with Gasteiger partial charge in [0.1, 0.15) is 0 Å². The molecule has 0 radical (unpaired) electrons. The van der Waals surface area contributed by atoms with Crippen molar-refractivity contribution in [3.63, 3.8) is 0 Å². The molecular weight excluding hydrogens is 202 g/mol. The molecule has 1 unspecified atom stereocenters. The molecule has 1 N–H and O–H groups in total. The van der Waals surface area contributed by atoms with E-state index in [0.717, 1.165) is 19.6 Å². The van der Waals surface area contributed by atoms with E-state index >= 15 is 0 Å². The van der Waals surface area contributed by atoms with Crippen molar-refractivity contribution in [3.8, 4) is 0 Å². The lowest BCUT2D eigenvalue weighted by atomic mass is 10.00. The van der Waals surface area contributed by atoms with Crippen molar-refractivity contribution in [1.29, 1.82) is 0 Å². The number of piperazine rings is 1. The number of rotatable bonds is 1. The zero-order valence-electron chi connectivity index (χ0n) is 10.4. The van der Waals surface area contributed by atoms with Crippen molar-refractivity contribution in [3.05, 3.63) is 0 Å². The number of carbonyl (C=O) groups is 1. The molecule has 2 aliphatic heterocycles. The summed E-state index contributed by atoms with van der Waals surface area (Å²) in [5, 5.41) is 2.98. The van der Waals surface area contributed by atoms with E-state index in [9.17, 15) is 4.79 Å². The summed E-state index contributed by atoms with van der Waals surface area (Å²) in [5.74, 6) is 0. The molecule has 92 valence electrons. The molecule has 2 rings (SSSR count). The average molecular weight is 225 g/mol. The first-order chi connectivity index (χ1) is 7.66. The Bertz CT molecular complexity index is 255. The topological polar surface area (TPSA) is 35.6 Å². The highest BCUT2D eigenvalue weighted by Crippen LogP contribution is 2.20. The van der Waals surface area contributed by atoms with Gasteiger partial charge in [-0.3, -0.25) is 4.90 Å². The monoisotopic (exact) mass is 225 g/mol. The van der Waals surface area contributed by atoms with Gasteiger partial charge in [-0.2, -0.15) is 0 Å². The third kappa shape index (κ3) is 2.67. The van der Waals surface area contributed by atoms with E-state index in [4.69, 9.17) is 0 Å². The lowest BCUT2D eigenvalue weighted by Crippen LogP contribution is -2.58. The minimum absolute atomic E-state index is 0.111. The molecule has 0 bridgehead atoms. The van der Waals surface area contributed by atoms with Crippen LogP contribution in [0.4, 0.5) is 4.79 Å². The molecule has 16 heavy (non-hydrogen) atoms. The summed E-state index contributed by atoms with van der Waals surface area (Å²) in [6.07, 6.45) is 3.90. The summed E-state index contributed by atoms with van der Waals surface area (Å²) in [5.41, 5.74) is 0. The first-order valence-electron chi connectivity index (χ1n) is 6.46. The highest BCUT2D eigenvalue weighted by molar-refractivity contribution is 5.74. The summed E-state index contributed by atoms with van der Waals surface area (Å²) in [7, 11) is 0. The summed E-state index contributed by atoms with van der Waals surface area (Å²) in [4.78, 5) is 16.4. The second-order valence-corrected chi connectivity index (χ2v) is 5.24. The third-order valence-corrected chi connectivity index (χ3v) is 3.54. The Labute approximate surface area is 98.0 Å². The molecule has 2 amide bonds. The van der Waals surface area contributed by atoms with Gasteiger partial charge in [0.25, 0.3) is 0 Å². The number of carbonyl (C=O) groups excluding carboxylic acids is 1. The molecule has 0 aromatic carbocycles. The van der Waals surface area contributed by atoms with Crippen molar-refractivity contribution >= 4 is 6.03 Å². The Kier molecular flexibility index (Phi) is 3.69. The smallest absolute Gasteiger partial charge is 0.317 e. The normalized spacial score (nSPS) is 26.7. The third-order valence-electron chi connectivity index (χ3n) is 3.54. The van der Waals surface area contributed by atoms with E-state index in [1.807, 2.05) is 18.7 Å². The lowest BCUT2D eigenvalue weighted by molar-refractivity contribution is 0.0639. The number of fused-ring (bicyclic) bond motifs is 1. The molecule has 0 aromatic rings. The van der Waals surface area contributed by atoms with Gasteiger partial charge in [0, 0.05) is 31.7 Å². The number of piperidine rings is 1. The second-order valence-electron chi connectivity index (χ2n) is 5.24. The van der Waals surface area contributed by atoms with Crippen LogP contribution < -0.4 is 5.32 Å². The van der Waals surface area contributed by atoms with Crippen LogP contribution in [0, 0.1) is 0 Å². The van der Waals surface area contributed by atoms with Crippen LogP contribution in [-0.4, -0.2) is 54.1 Å². The summed E-state index contributed by atoms with van der Waals surface area (Å²) < 4.78 is 0. The number of amides is 2. The quantitative estimate of drug-likeness (QED) is 0.729. The Hall–Kier alpha value is -0.770. The molecule has 0 aromatic heterocycles. The van der Waals surface area contributed by atoms with Crippen LogP contribution in [0.3, 0.4) is 0 Å². The Balaban J connectivity index is 1.87. The van der Waals surface area contributed by atoms with Crippen LogP contribution in [0.1, 0.15) is 33.1 Å². The van der Waals surface area contributed by atoms with Crippen LogP contribution >= 0.6 is 0 Å². The summed E-state index contributed by atoms with van der Waals surface area (Å²) >= 11 is 0. The van der Waals surface area contributed by atoms with Gasteiger partial charge in [0.05, 0.1) is 0 Å². The van der Waals surface area contributed by atoms with E-state index in [1.165, 1.54) is 25.8 Å². The minimum Gasteiger partial charge on any atom is -0.336 e. The number of nitrogens with zero attached hydrogens (tertiary/aromatic N) is 2. The fourth-order valence-corrected chi connectivity index (χ4v) is 2.68. The van der Waals surface area contributed by atoms with E-state index in [0.29, 0.717) is 6.04 Å². The second kappa shape index (κ2) is 5.04. The predicted molar refractivity (Wildman–Crippen MR) is 64.5 cm³/mol. The summed E-state index contributed by atoms with van der Waals surface area (Å²) in [6.45, 7) is 8.09. The maximum Gasteiger partial charge on any atom is 0.317 e. The molecule has 1 atom stereocenters. The van der Waals surface area contributed by atoms with Gasteiger partial charge in [0.2, 0.25) is 0 Å². The lowest BCUT2D eigenvalue weighted by Gasteiger charge is -2.44. The molecule has 0 saturated carbocycles. The van der Waals surface area contributed by atoms with Crippen LogP contribution in [0.2, 0.25) is 0 Å². The molecule has 2 fully saturated rings. The van der Waals surface area contributed by atoms with Crippen molar-refractivity contribution < 1.29 is 4.79 Å². The van der Waals surface area contributed by atoms with E-state index in [2.05, 4.69) is 10.2 Å². The van der Waals surface area contributed by atoms with Gasteiger partial charge < -0.3 is 10.2 Å². The first kappa shape index (κ1) is 11.7. The molecule has 0 aliphatic carbocycles. The Morgan fingerprint density at radius 1 is 1.25 bits per heavy atom. The van der Waals surface area contributed by atoms with Crippen LogP contribution in [0.5, 0.6) is 0 Å². The van der Waals surface area contributed by atoms with Gasteiger partial charge in [-0.25, -0.2) is 4.79 Å². The molecular formula is C12H23N3O. The molecule has 4 nitrogen and oxygen atoms in total. The zero-order chi connectivity index (χ0) is 11.5. The summed E-state index contributed by atoms with van der Waals surface area (Å²) in [6, 6.07) is 0.956. The average Bonchev–Trinajstić information content (AvgIpc) is 2.27. The van der Waals surface area contributed by atoms with Crippen molar-refractivity contribution in [2.75, 3.05) is 26.2 Å². The largest absolute Gasteiger partial charge is 0.336 e. The fraction of sp³-hybridized carbons (Fsp3) is 0.917. The van der Waals surface area contributed by atoms with Gasteiger partial charge in [0.15, 0.2) is 0 Å². The fourth-order valence-electron chi connectivity index (χ4n) is 2.68. The first-order valence-corrected chi connectivity index (χ1v) is 6.46. The molecule has 2 aliphatic rings. The van der Waals surface area contributed by atoms with E-state index in [1.54, 1.807) is 0 Å². The number of hydrogen-bond acceptors (Lipinski definition) is 2. The molecule has 0 spiro atoms. The SMILES string of the molecule is CC(C)NC(=O)N1CCN2CCCCC2C1. The van der Waals surface area contributed by atoms with E-state index in [-0.39, 0.29) is 12.1 Å². The maximum absolute atomic E-state index is 11.9. The van der Waals surface area contributed by atoms with Crippen LogP contribution in [0.15, 0.2) is 0 Å². The Morgan fingerprint density at radius 3 is 2.81 bits per heavy atom. The van der Waals surface area contributed by atoms with Crippen LogP contribution in [-0.2, 0) is 0 Å². The van der Waals surface area contributed by atoms with Gasteiger partial charge >= 0.3 is 6.03 Å². The van der Waals surface area contributed by atoms with Gasteiger partial charge in [-0.05, 0) is 33.2 Å². The number of urea groups is 1. The zero-order valence-corrected chi connectivity index (χ0v) is 10.4. The standard InChI is InChI=1S/C12H23N3O/c1-10(2)13-12(16)15-8-7-14-6-4-3-5-11(14)9-15/h10-11H,3-9H2,1-2H3,(H,13,16). The number of nitrogens with one attached hydrogen (secondary N) is 1. The van der Waals surface area contributed by atoms with Crippen molar-refractivity contribution in [2.24, 2.45) is 0 Å². The highest BCUT2D eigenvalue weighted by atomic mass is 16.2. The van der Waals surface area contributed by atoms with E-state index < -0.39 is 0 Å². The maximum atomic E-state index is 11.9. The predicted octanol–water partition coefficient (Wildman–Crippen LogP) is 1.27. The molecule has 2 heterocycles. The van der Waals surface area contributed by atoms with Gasteiger partial charge in [-0.15, -0.1) is 0 Å². The number of hydrogen-bond donors (Lipinski definition) is 1. The van der Waals surface area contributed by atoms with Crippen molar-refractivity contribution in [2.45, 2.75) is 45.2 Å². The van der Waals surface area contributed by atoms with Crippen molar-refractivity contribution in [1.82, 2.24) is 15.1 Å². The van der Waals surface area contributed by atoms with Gasteiger partial charge in [-0.1, -0.05) is 6.42 Å². The highest BCUT2D eigenvalue weighted by Gasteiger charge is 2.30.